The summed E-state index contributed by atoms with van der Waals surface area (Å²) >= 11 is 0. The molecule has 2 aromatic heterocycles. The van der Waals surface area contributed by atoms with E-state index in [2.05, 4.69) is 15.5 Å². The number of benzene rings is 1. The van der Waals surface area contributed by atoms with Gasteiger partial charge in [-0.3, -0.25) is 4.79 Å². The quantitative estimate of drug-likeness (QED) is 0.777. The molecule has 1 aliphatic rings. The molecule has 3 heterocycles. The highest BCUT2D eigenvalue weighted by molar-refractivity contribution is 5.73. The summed E-state index contributed by atoms with van der Waals surface area (Å²) in [6.45, 7) is 4.65. The average Bonchev–Trinajstić information content (AvgIpc) is 3.34. The highest BCUT2D eigenvalue weighted by atomic mass is 16.5. The van der Waals surface area contributed by atoms with Gasteiger partial charge >= 0.3 is 6.01 Å². The van der Waals surface area contributed by atoms with E-state index in [1.54, 1.807) is 0 Å². The van der Waals surface area contributed by atoms with Gasteiger partial charge in [0.1, 0.15) is 11.5 Å². The summed E-state index contributed by atoms with van der Waals surface area (Å²) in [5.74, 6) is 2.21. The van der Waals surface area contributed by atoms with Crippen molar-refractivity contribution >= 4 is 11.9 Å². The third kappa shape index (κ3) is 3.20. The van der Waals surface area contributed by atoms with Gasteiger partial charge in [-0.25, -0.2) is 0 Å². The first kappa shape index (κ1) is 16.4. The third-order valence-electron chi connectivity index (χ3n) is 4.55. The number of aromatic nitrogens is 2. The van der Waals surface area contributed by atoms with Crippen LogP contribution in [0.5, 0.6) is 0 Å². The Hall–Kier alpha value is -3.09. The maximum Gasteiger partial charge on any atom is 0.324 e. The van der Waals surface area contributed by atoms with Crippen LogP contribution in [-0.2, 0) is 4.79 Å². The number of carbonyl (C=O) groups is 1. The molecule has 1 fully saturated rings. The monoisotopic (exact) mass is 352 g/mol. The van der Waals surface area contributed by atoms with Crippen LogP contribution in [0.15, 0.2) is 51.4 Å². The van der Waals surface area contributed by atoms with Crippen LogP contribution in [0.2, 0.25) is 0 Å². The number of hydrogen-bond donors (Lipinski definition) is 1. The minimum atomic E-state index is -0.0786. The number of aryl methyl sites for hydroxylation is 1. The van der Waals surface area contributed by atoms with E-state index in [0.29, 0.717) is 24.9 Å². The number of furan rings is 1. The molecule has 0 saturated carbocycles. The van der Waals surface area contributed by atoms with E-state index in [9.17, 15) is 4.79 Å². The molecule has 4 rings (SSSR count). The van der Waals surface area contributed by atoms with E-state index in [0.717, 1.165) is 17.1 Å². The van der Waals surface area contributed by atoms with Gasteiger partial charge < -0.3 is 19.2 Å². The minimum absolute atomic E-state index is 0.0275. The third-order valence-corrected chi connectivity index (χ3v) is 4.55. The second kappa shape index (κ2) is 6.67. The summed E-state index contributed by atoms with van der Waals surface area (Å²) in [5.41, 5.74) is 0.901. The van der Waals surface area contributed by atoms with Gasteiger partial charge in [0.25, 0.3) is 0 Å². The summed E-state index contributed by atoms with van der Waals surface area (Å²) in [4.78, 5) is 18.1. The zero-order chi connectivity index (χ0) is 18.1. The topological polar surface area (TPSA) is 84.4 Å². The maximum absolute atomic E-state index is 11.6. The Bertz CT molecular complexity index is 902. The summed E-state index contributed by atoms with van der Waals surface area (Å²) in [6.07, 6.45) is 0. The predicted molar refractivity (Wildman–Crippen MR) is 95.7 cm³/mol. The standard InChI is InChI=1S/C19H20N4O3/c1-12-8-9-17(25-12)15-10-23(11-16(15)20-13(2)24)19-21-18(22-26-19)14-6-4-3-5-7-14/h3-9,15-16H,10-11H2,1-2H3,(H,20,24). The molecule has 1 saturated heterocycles. The molecule has 7 nitrogen and oxygen atoms in total. The number of nitrogens with one attached hydrogen (secondary N) is 1. The number of rotatable bonds is 4. The lowest BCUT2D eigenvalue weighted by molar-refractivity contribution is -0.119. The Balaban J connectivity index is 1.58. The smallest absolute Gasteiger partial charge is 0.324 e. The number of amides is 1. The van der Waals surface area contributed by atoms with Crippen LogP contribution in [-0.4, -0.2) is 35.2 Å². The van der Waals surface area contributed by atoms with E-state index < -0.39 is 0 Å². The van der Waals surface area contributed by atoms with Crippen molar-refractivity contribution in [2.75, 3.05) is 18.0 Å². The van der Waals surface area contributed by atoms with Gasteiger partial charge in [0.2, 0.25) is 11.7 Å². The largest absolute Gasteiger partial charge is 0.466 e. The van der Waals surface area contributed by atoms with Gasteiger partial charge in [-0.2, -0.15) is 4.98 Å². The fourth-order valence-corrected chi connectivity index (χ4v) is 3.36. The van der Waals surface area contributed by atoms with Crippen LogP contribution >= 0.6 is 0 Å². The highest BCUT2D eigenvalue weighted by Gasteiger charge is 2.38. The lowest BCUT2D eigenvalue weighted by Gasteiger charge is -2.16. The molecule has 2 unspecified atom stereocenters. The maximum atomic E-state index is 11.6. The lowest BCUT2D eigenvalue weighted by Crippen LogP contribution is -2.38. The Kier molecular flexibility index (Phi) is 4.20. The lowest BCUT2D eigenvalue weighted by atomic mass is 10.0. The van der Waals surface area contributed by atoms with Crippen molar-refractivity contribution in [1.82, 2.24) is 15.5 Å². The molecule has 2 atom stereocenters. The van der Waals surface area contributed by atoms with Gasteiger partial charge in [-0.1, -0.05) is 35.5 Å². The second-order valence-corrected chi connectivity index (χ2v) is 6.53. The molecule has 0 spiro atoms. The number of anilines is 1. The van der Waals surface area contributed by atoms with Crippen LogP contribution in [0.3, 0.4) is 0 Å². The minimum Gasteiger partial charge on any atom is -0.466 e. The van der Waals surface area contributed by atoms with Crippen molar-refractivity contribution in [3.05, 3.63) is 54.0 Å². The first-order chi connectivity index (χ1) is 12.6. The van der Waals surface area contributed by atoms with Crippen LogP contribution in [0.4, 0.5) is 6.01 Å². The van der Waals surface area contributed by atoms with E-state index in [4.69, 9.17) is 8.94 Å². The van der Waals surface area contributed by atoms with Crippen molar-refractivity contribution in [1.29, 1.82) is 0 Å². The first-order valence-electron chi connectivity index (χ1n) is 8.57. The summed E-state index contributed by atoms with van der Waals surface area (Å²) < 4.78 is 11.3. The Morgan fingerprint density at radius 1 is 1.19 bits per heavy atom. The fourth-order valence-electron chi connectivity index (χ4n) is 3.36. The summed E-state index contributed by atoms with van der Waals surface area (Å²) in [5, 5.41) is 7.09. The zero-order valence-electron chi connectivity index (χ0n) is 14.7. The molecular formula is C19H20N4O3. The van der Waals surface area contributed by atoms with Crippen LogP contribution < -0.4 is 10.2 Å². The second-order valence-electron chi connectivity index (χ2n) is 6.53. The Labute approximate surface area is 151 Å². The van der Waals surface area contributed by atoms with E-state index in [-0.39, 0.29) is 17.9 Å². The Morgan fingerprint density at radius 2 is 2.00 bits per heavy atom. The molecule has 1 amide bonds. The fraction of sp³-hybridized carbons (Fsp3) is 0.316. The SMILES string of the molecule is CC(=O)NC1CN(c2nc(-c3ccccc3)no2)CC1c1ccc(C)o1. The molecule has 134 valence electrons. The average molecular weight is 352 g/mol. The van der Waals surface area contributed by atoms with Crippen molar-refractivity contribution in [2.45, 2.75) is 25.8 Å². The van der Waals surface area contributed by atoms with E-state index in [1.165, 1.54) is 6.92 Å². The number of carbonyl (C=O) groups excluding carboxylic acids is 1. The van der Waals surface area contributed by atoms with Gasteiger partial charge in [-0.15, -0.1) is 0 Å². The molecule has 26 heavy (non-hydrogen) atoms. The summed E-state index contributed by atoms with van der Waals surface area (Å²) in [7, 11) is 0. The molecular weight excluding hydrogens is 332 g/mol. The Morgan fingerprint density at radius 3 is 2.69 bits per heavy atom. The van der Waals surface area contributed by atoms with Crippen LogP contribution in [0.25, 0.3) is 11.4 Å². The van der Waals surface area contributed by atoms with Crippen molar-refractivity contribution < 1.29 is 13.7 Å². The predicted octanol–water partition coefficient (Wildman–Crippen LogP) is 2.75. The molecule has 3 aromatic rings. The summed E-state index contributed by atoms with van der Waals surface area (Å²) in [6, 6.07) is 14.0. The normalized spacial score (nSPS) is 19.7. The van der Waals surface area contributed by atoms with Gasteiger partial charge in [0.15, 0.2) is 0 Å². The first-order valence-corrected chi connectivity index (χ1v) is 8.57. The van der Waals surface area contributed by atoms with Crippen LogP contribution in [0.1, 0.15) is 24.4 Å². The zero-order valence-corrected chi connectivity index (χ0v) is 14.7. The van der Waals surface area contributed by atoms with Crippen molar-refractivity contribution in [2.24, 2.45) is 0 Å². The van der Waals surface area contributed by atoms with Crippen LogP contribution in [0, 0.1) is 6.92 Å². The molecule has 0 radical (unpaired) electrons. The van der Waals surface area contributed by atoms with Gasteiger partial charge in [0.05, 0.1) is 12.0 Å². The van der Waals surface area contributed by atoms with E-state index >= 15 is 0 Å². The molecule has 0 aliphatic carbocycles. The molecule has 0 bridgehead atoms. The molecule has 1 aromatic carbocycles. The van der Waals surface area contributed by atoms with Crippen molar-refractivity contribution in [3.63, 3.8) is 0 Å². The molecule has 1 aliphatic heterocycles. The highest BCUT2D eigenvalue weighted by Crippen LogP contribution is 2.32. The molecule has 1 N–H and O–H groups in total. The van der Waals surface area contributed by atoms with Gasteiger partial charge in [-0.05, 0) is 19.1 Å². The van der Waals surface area contributed by atoms with Gasteiger partial charge in [0, 0.05) is 25.6 Å². The number of nitrogens with zero attached hydrogens (tertiary/aromatic N) is 3. The molecule has 7 heteroatoms. The number of hydrogen-bond acceptors (Lipinski definition) is 6. The van der Waals surface area contributed by atoms with Crippen molar-refractivity contribution in [3.8, 4) is 11.4 Å². The van der Waals surface area contributed by atoms with E-state index in [1.807, 2.05) is 54.3 Å².